The van der Waals surface area contributed by atoms with Gasteiger partial charge in [-0.25, -0.2) is 4.79 Å². The molecule has 1 fully saturated rings. The Morgan fingerprint density at radius 1 is 1.00 bits per heavy atom. The molecule has 12 heteroatoms. The molecule has 0 spiro atoms. The summed E-state index contributed by atoms with van der Waals surface area (Å²) in [6, 6.07) is 9.21. The maximum absolute atomic E-state index is 13.1. The summed E-state index contributed by atoms with van der Waals surface area (Å²) in [5.41, 5.74) is -2.87. The number of amides is 2. The van der Waals surface area contributed by atoms with Gasteiger partial charge < -0.3 is 14.7 Å². The molecule has 2 amide bonds. The van der Waals surface area contributed by atoms with Crippen LogP contribution in [-0.2, 0) is 12.4 Å². The highest BCUT2D eigenvalue weighted by Gasteiger charge is 2.37. The Morgan fingerprint density at radius 2 is 1.65 bits per heavy atom. The molecule has 2 heterocycles. The lowest BCUT2D eigenvalue weighted by molar-refractivity contribution is -0.143. The quantitative estimate of drug-likeness (QED) is 0.451. The number of likely N-dealkylation sites (tertiary alicyclic amines) is 1. The molecule has 1 aliphatic heterocycles. The van der Waals surface area contributed by atoms with Gasteiger partial charge in [-0.05, 0) is 31.0 Å². The molecular weight excluding hydrogens is 466 g/mol. The first-order valence-corrected chi connectivity index (χ1v) is 10.2. The van der Waals surface area contributed by atoms with Crippen molar-refractivity contribution in [3.8, 4) is 11.4 Å². The largest absolute Gasteiger partial charge is 0.416 e. The number of carbonyl (C=O) groups excluding carboxylic acids is 1. The van der Waals surface area contributed by atoms with Crippen LogP contribution in [0.2, 0.25) is 0 Å². The van der Waals surface area contributed by atoms with Crippen molar-refractivity contribution in [1.29, 1.82) is 0 Å². The molecule has 1 unspecified atom stereocenters. The predicted molar refractivity (Wildman–Crippen MR) is 109 cm³/mol. The maximum Gasteiger partial charge on any atom is 0.416 e. The topological polar surface area (TPSA) is 71.3 Å². The molecule has 1 aliphatic rings. The van der Waals surface area contributed by atoms with Crippen LogP contribution in [0.25, 0.3) is 11.4 Å². The van der Waals surface area contributed by atoms with Gasteiger partial charge in [0.05, 0.1) is 17.0 Å². The lowest BCUT2D eigenvalue weighted by Crippen LogP contribution is -2.41. The number of carbonyl (C=O) groups is 1. The zero-order chi connectivity index (χ0) is 24.5. The first kappa shape index (κ1) is 23.6. The van der Waals surface area contributed by atoms with Crippen LogP contribution in [0, 0.1) is 0 Å². The molecule has 0 saturated carbocycles. The molecule has 180 valence electrons. The average Bonchev–Trinajstić information content (AvgIpc) is 3.29. The molecule has 6 nitrogen and oxygen atoms in total. The molecule has 0 bridgehead atoms. The number of piperidine rings is 1. The summed E-state index contributed by atoms with van der Waals surface area (Å²) in [5.74, 6) is 0.354. The van der Waals surface area contributed by atoms with E-state index in [1.807, 2.05) is 18.2 Å². The number of hydrogen-bond donors (Lipinski definition) is 1. The van der Waals surface area contributed by atoms with E-state index in [-0.39, 0.29) is 25.1 Å². The van der Waals surface area contributed by atoms with Gasteiger partial charge in [-0.3, -0.25) is 0 Å². The zero-order valence-corrected chi connectivity index (χ0v) is 17.5. The number of anilines is 1. The summed E-state index contributed by atoms with van der Waals surface area (Å²) in [6.07, 6.45) is -8.85. The van der Waals surface area contributed by atoms with E-state index in [1.165, 1.54) is 4.90 Å². The van der Waals surface area contributed by atoms with Gasteiger partial charge in [-0.2, -0.15) is 31.3 Å². The maximum atomic E-state index is 13.1. The van der Waals surface area contributed by atoms with Crippen molar-refractivity contribution in [3.63, 3.8) is 0 Å². The highest BCUT2D eigenvalue weighted by molar-refractivity contribution is 5.89. The van der Waals surface area contributed by atoms with E-state index >= 15 is 0 Å². The standard InChI is InChI=1S/C22H18F6N4O2/c23-21(24,25)15-9-16(22(26,27)28)11-17(10-15)29-20(33)32-8-4-7-14(12-32)19-30-18(31-34-19)13-5-2-1-3-6-13/h1-3,5-6,9-11,14H,4,7-8,12H2,(H,29,33). The van der Waals surface area contributed by atoms with E-state index < -0.39 is 35.2 Å². The number of benzene rings is 2. The molecule has 2 aromatic carbocycles. The first-order valence-electron chi connectivity index (χ1n) is 10.2. The smallest absolute Gasteiger partial charge is 0.339 e. The van der Waals surface area contributed by atoms with Crippen molar-refractivity contribution in [2.45, 2.75) is 31.1 Å². The van der Waals surface area contributed by atoms with Gasteiger partial charge in [-0.15, -0.1) is 0 Å². The predicted octanol–water partition coefficient (Wildman–Crippen LogP) is 6.19. The van der Waals surface area contributed by atoms with Crippen LogP contribution in [-0.4, -0.2) is 34.2 Å². The number of nitrogens with zero attached hydrogens (tertiary/aromatic N) is 3. The molecule has 1 atom stereocenters. The molecule has 1 aromatic heterocycles. The van der Waals surface area contributed by atoms with Crippen LogP contribution in [0.5, 0.6) is 0 Å². The third-order valence-electron chi connectivity index (χ3n) is 5.37. The first-order chi connectivity index (χ1) is 16.0. The molecule has 1 N–H and O–H groups in total. The fourth-order valence-corrected chi connectivity index (χ4v) is 3.70. The number of aromatic nitrogens is 2. The minimum absolute atomic E-state index is 0.00643. The van der Waals surface area contributed by atoms with Gasteiger partial charge in [0.2, 0.25) is 11.7 Å². The number of hydrogen-bond acceptors (Lipinski definition) is 4. The van der Waals surface area contributed by atoms with E-state index in [2.05, 4.69) is 15.5 Å². The van der Waals surface area contributed by atoms with Gasteiger partial charge >= 0.3 is 18.4 Å². The molecule has 3 aromatic rings. The third kappa shape index (κ3) is 5.32. The van der Waals surface area contributed by atoms with E-state index in [4.69, 9.17) is 4.52 Å². The van der Waals surface area contributed by atoms with Gasteiger partial charge in [0, 0.05) is 24.3 Å². The molecule has 34 heavy (non-hydrogen) atoms. The summed E-state index contributed by atoms with van der Waals surface area (Å²) in [4.78, 5) is 18.4. The Labute approximate surface area is 189 Å². The van der Waals surface area contributed by atoms with Gasteiger partial charge in [0.1, 0.15) is 0 Å². The van der Waals surface area contributed by atoms with Gasteiger partial charge in [0.25, 0.3) is 0 Å². The van der Waals surface area contributed by atoms with Crippen LogP contribution in [0.3, 0.4) is 0 Å². The Balaban J connectivity index is 1.49. The summed E-state index contributed by atoms with van der Waals surface area (Å²) in [5, 5.41) is 6.11. The number of urea groups is 1. The molecule has 0 aliphatic carbocycles. The summed E-state index contributed by atoms with van der Waals surface area (Å²) < 4.78 is 83.8. The number of nitrogens with one attached hydrogen (secondary N) is 1. The fraction of sp³-hybridized carbons (Fsp3) is 0.318. The van der Waals surface area contributed by atoms with Crippen molar-refractivity contribution in [3.05, 3.63) is 65.5 Å². The van der Waals surface area contributed by atoms with E-state index in [9.17, 15) is 31.1 Å². The minimum atomic E-state index is -5.01. The minimum Gasteiger partial charge on any atom is -0.339 e. The SMILES string of the molecule is O=C(Nc1cc(C(F)(F)F)cc(C(F)(F)F)c1)N1CCCC(c2nc(-c3ccccc3)no2)C1. The van der Waals surface area contributed by atoms with Crippen LogP contribution in [0.4, 0.5) is 36.8 Å². The summed E-state index contributed by atoms with van der Waals surface area (Å²) in [7, 11) is 0. The Bertz CT molecular complexity index is 1130. The monoisotopic (exact) mass is 484 g/mol. The summed E-state index contributed by atoms with van der Waals surface area (Å²) >= 11 is 0. The van der Waals surface area contributed by atoms with Gasteiger partial charge in [0.15, 0.2) is 0 Å². The second-order valence-electron chi connectivity index (χ2n) is 7.83. The van der Waals surface area contributed by atoms with Crippen molar-refractivity contribution >= 4 is 11.7 Å². The lowest BCUT2D eigenvalue weighted by atomic mass is 9.98. The Morgan fingerprint density at radius 3 is 2.26 bits per heavy atom. The number of alkyl halides is 6. The van der Waals surface area contributed by atoms with Crippen LogP contribution in [0.15, 0.2) is 53.1 Å². The van der Waals surface area contributed by atoms with Crippen LogP contribution in [0.1, 0.15) is 35.8 Å². The van der Waals surface area contributed by atoms with Crippen molar-refractivity contribution in [2.75, 3.05) is 18.4 Å². The Kier molecular flexibility index (Phi) is 6.24. The second kappa shape index (κ2) is 8.99. The number of rotatable bonds is 3. The van der Waals surface area contributed by atoms with Crippen LogP contribution < -0.4 is 5.32 Å². The fourth-order valence-electron chi connectivity index (χ4n) is 3.70. The van der Waals surface area contributed by atoms with E-state index in [1.54, 1.807) is 12.1 Å². The van der Waals surface area contributed by atoms with Crippen molar-refractivity contribution in [2.24, 2.45) is 0 Å². The molecular formula is C22H18F6N4O2. The van der Waals surface area contributed by atoms with Crippen molar-refractivity contribution in [1.82, 2.24) is 15.0 Å². The van der Waals surface area contributed by atoms with Gasteiger partial charge in [-0.1, -0.05) is 35.5 Å². The Hall–Kier alpha value is -3.57. The molecule has 0 radical (unpaired) electrons. The molecule has 1 saturated heterocycles. The highest BCUT2D eigenvalue weighted by atomic mass is 19.4. The van der Waals surface area contributed by atoms with Crippen molar-refractivity contribution < 1.29 is 35.7 Å². The lowest BCUT2D eigenvalue weighted by Gasteiger charge is -2.31. The third-order valence-corrected chi connectivity index (χ3v) is 5.37. The van der Waals surface area contributed by atoms with E-state index in [0.29, 0.717) is 36.7 Å². The number of halogens is 6. The second-order valence-corrected chi connectivity index (χ2v) is 7.83. The van der Waals surface area contributed by atoms with Crippen LogP contribution >= 0.6 is 0 Å². The molecule has 4 rings (SSSR count). The normalized spacial score (nSPS) is 17.0. The summed E-state index contributed by atoms with van der Waals surface area (Å²) in [6.45, 7) is 0.389. The van der Waals surface area contributed by atoms with E-state index in [0.717, 1.165) is 5.56 Å². The highest BCUT2D eigenvalue weighted by Crippen LogP contribution is 2.37. The average molecular weight is 484 g/mol. The zero-order valence-electron chi connectivity index (χ0n) is 17.5.